The van der Waals surface area contributed by atoms with Crippen LogP contribution in [0.5, 0.6) is 5.88 Å². The van der Waals surface area contributed by atoms with Gasteiger partial charge in [-0.25, -0.2) is 9.97 Å². The second-order valence-corrected chi connectivity index (χ2v) is 6.18. The van der Waals surface area contributed by atoms with Crippen LogP contribution in [0.1, 0.15) is 11.1 Å². The van der Waals surface area contributed by atoms with Gasteiger partial charge in [0.25, 0.3) is 0 Å². The van der Waals surface area contributed by atoms with Crippen LogP contribution in [-0.4, -0.2) is 19.7 Å². The molecule has 0 amide bonds. The summed E-state index contributed by atoms with van der Waals surface area (Å²) in [4.78, 5) is 8.49. The Morgan fingerprint density at radius 3 is 2.44 bits per heavy atom. The Morgan fingerprint density at radius 2 is 1.70 bits per heavy atom. The van der Waals surface area contributed by atoms with E-state index < -0.39 is 0 Å². The van der Waals surface area contributed by atoms with E-state index in [0.29, 0.717) is 24.8 Å². The molecular formula is C21H19N5O. The Kier molecular flexibility index (Phi) is 4.78. The first kappa shape index (κ1) is 16.8. The van der Waals surface area contributed by atoms with E-state index >= 15 is 0 Å². The number of hydrogen-bond donors (Lipinski definition) is 1. The number of pyridine rings is 2. The predicted octanol–water partition coefficient (Wildman–Crippen LogP) is 3.55. The van der Waals surface area contributed by atoms with Gasteiger partial charge in [-0.1, -0.05) is 36.4 Å². The summed E-state index contributed by atoms with van der Waals surface area (Å²) >= 11 is 0. The van der Waals surface area contributed by atoms with Crippen LogP contribution in [0.2, 0.25) is 0 Å². The third-order valence-corrected chi connectivity index (χ3v) is 4.12. The van der Waals surface area contributed by atoms with E-state index in [2.05, 4.69) is 15.1 Å². The molecule has 4 rings (SSSR count). The first-order valence-electron chi connectivity index (χ1n) is 8.62. The highest BCUT2D eigenvalue weighted by Gasteiger charge is 2.04. The lowest BCUT2D eigenvalue weighted by molar-refractivity contribution is 0.293. The third kappa shape index (κ3) is 4.30. The van der Waals surface area contributed by atoms with Crippen LogP contribution in [0.3, 0.4) is 0 Å². The standard InChI is InChI=1S/C21H19N5O/c22-20-8-7-18(11-23-20)19-12-25-26(14-19)13-17-6-9-21(24-10-17)27-15-16-4-2-1-3-5-16/h1-12,14H,13,15H2,(H2,22,23). The Hall–Kier alpha value is -3.67. The number of nitrogens with zero attached hydrogens (tertiary/aromatic N) is 4. The first-order chi connectivity index (χ1) is 13.3. The Morgan fingerprint density at radius 1 is 0.815 bits per heavy atom. The van der Waals surface area contributed by atoms with Crippen LogP contribution in [0.15, 0.2) is 79.4 Å². The molecule has 0 aliphatic carbocycles. The quantitative estimate of drug-likeness (QED) is 0.571. The molecule has 0 bridgehead atoms. The van der Waals surface area contributed by atoms with Gasteiger partial charge in [-0.05, 0) is 23.3 Å². The average molecular weight is 357 g/mol. The predicted molar refractivity (Wildman–Crippen MR) is 104 cm³/mol. The van der Waals surface area contributed by atoms with E-state index in [4.69, 9.17) is 10.5 Å². The maximum absolute atomic E-state index is 5.72. The number of benzene rings is 1. The van der Waals surface area contributed by atoms with E-state index in [9.17, 15) is 0 Å². The van der Waals surface area contributed by atoms with Gasteiger partial charge in [0.2, 0.25) is 5.88 Å². The third-order valence-electron chi connectivity index (χ3n) is 4.12. The van der Waals surface area contributed by atoms with Crippen molar-refractivity contribution in [2.75, 3.05) is 5.73 Å². The largest absolute Gasteiger partial charge is 0.473 e. The summed E-state index contributed by atoms with van der Waals surface area (Å²) in [7, 11) is 0. The molecule has 2 N–H and O–H groups in total. The fourth-order valence-electron chi connectivity index (χ4n) is 2.68. The molecule has 0 atom stereocenters. The van der Waals surface area contributed by atoms with Crippen molar-refractivity contribution in [2.45, 2.75) is 13.2 Å². The lowest BCUT2D eigenvalue weighted by atomic mass is 10.2. The molecule has 0 unspecified atom stereocenters. The summed E-state index contributed by atoms with van der Waals surface area (Å²) in [5.74, 6) is 1.11. The molecule has 4 aromatic rings. The van der Waals surface area contributed by atoms with Crippen molar-refractivity contribution in [1.82, 2.24) is 19.7 Å². The van der Waals surface area contributed by atoms with Crippen molar-refractivity contribution in [3.63, 3.8) is 0 Å². The van der Waals surface area contributed by atoms with Gasteiger partial charge in [-0.15, -0.1) is 0 Å². The number of rotatable bonds is 6. The van der Waals surface area contributed by atoms with Crippen molar-refractivity contribution in [3.05, 3.63) is 90.5 Å². The highest BCUT2D eigenvalue weighted by Crippen LogP contribution is 2.19. The summed E-state index contributed by atoms with van der Waals surface area (Å²) in [6.45, 7) is 1.14. The van der Waals surface area contributed by atoms with Crippen molar-refractivity contribution in [2.24, 2.45) is 0 Å². The molecule has 0 aliphatic heterocycles. The number of aromatic nitrogens is 4. The molecular weight excluding hydrogens is 338 g/mol. The Bertz CT molecular complexity index is 995. The molecule has 0 spiro atoms. The fourth-order valence-corrected chi connectivity index (χ4v) is 2.68. The summed E-state index contributed by atoms with van der Waals surface area (Å²) in [6, 6.07) is 17.6. The van der Waals surface area contributed by atoms with Crippen LogP contribution in [0.25, 0.3) is 11.1 Å². The fraction of sp³-hybridized carbons (Fsp3) is 0.0952. The van der Waals surface area contributed by atoms with E-state index in [-0.39, 0.29) is 0 Å². The zero-order valence-corrected chi connectivity index (χ0v) is 14.7. The molecule has 3 aromatic heterocycles. The van der Waals surface area contributed by atoms with E-state index in [1.165, 1.54) is 0 Å². The van der Waals surface area contributed by atoms with Crippen LogP contribution < -0.4 is 10.5 Å². The first-order valence-corrected chi connectivity index (χ1v) is 8.62. The number of nitrogens with two attached hydrogens (primary N) is 1. The normalized spacial score (nSPS) is 10.7. The maximum Gasteiger partial charge on any atom is 0.213 e. The molecule has 134 valence electrons. The number of nitrogen functional groups attached to an aromatic ring is 1. The van der Waals surface area contributed by atoms with E-state index in [1.54, 1.807) is 12.3 Å². The maximum atomic E-state index is 5.72. The molecule has 0 aliphatic rings. The Labute approximate surface area is 157 Å². The van der Waals surface area contributed by atoms with Gasteiger partial charge in [0.1, 0.15) is 12.4 Å². The lowest BCUT2D eigenvalue weighted by Gasteiger charge is -2.06. The number of hydrogen-bond acceptors (Lipinski definition) is 5. The van der Waals surface area contributed by atoms with Crippen LogP contribution >= 0.6 is 0 Å². The average Bonchev–Trinajstić information content (AvgIpc) is 3.17. The summed E-state index contributed by atoms with van der Waals surface area (Å²) < 4.78 is 7.59. The molecule has 0 saturated heterocycles. The molecule has 0 radical (unpaired) electrons. The van der Waals surface area contributed by atoms with Crippen molar-refractivity contribution in [3.8, 4) is 17.0 Å². The monoisotopic (exact) mass is 357 g/mol. The molecule has 27 heavy (non-hydrogen) atoms. The van der Waals surface area contributed by atoms with Crippen molar-refractivity contribution in [1.29, 1.82) is 0 Å². The van der Waals surface area contributed by atoms with Crippen molar-refractivity contribution < 1.29 is 4.74 Å². The second kappa shape index (κ2) is 7.70. The number of anilines is 1. The highest BCUT2D eigenvalue weighted by molar-refractivity contribution is 5.61. The minimum Gasteiger partial charge on any atom is -0.473 e. The van der Waals surface area contributed by atoms with E-state index in [0.717, 1.165) is 22.3 Å². The minimum atomic E-state index is 0.505. The molecule has 6 nitrogen and oxygen atoms in total. The van der Waals surface area contributed by atoms with Crippen LogP contribution in [-0.2, 0) is 13.2 Å². The van der Waals surface area contributed by atoms with Gasteiger partial charge in [0.05, 0.1) is 12.7 Å². The lowest BCUT2D eigenvalue weighted by Crippen LogP contribution is -2.01. The summed E-state index contributed by atoms with van der Waals surface area (Å²) in [6.07, 6.45) is 7.36. The molecule has 6 heteroatoms. The zero-order valence-electron chi connectivity index (χ0n) is 14.7. The number of ether oxygens (including phenoxy) is 1. The highest BCUT2D eigenvalue weighted by atomic mass is 16.5. The van der Waals surface area contributed by atoms with Crippen LogP contribution in [0.4, 0.5) is 5.82 Å². The second-order valence-electron chi connectivity index (χ2n) is 6.18. The zero-order chi connectivity index (χ0) is 18.5. The van der Waals surface area contributed by atoms with Gasteiger partial charge >= 0.3 is 0 Å². The summed E-state index contributed by atoms with van der Waals surface area (Å²) in [5, 5.41) is 4.41. The van der Waals surface area contributed by atoms with E-state index in [1.807, 2.05) is 71.8 Å². The SMILES string of the molecule is Nc1ccc(-c2cnn(Cc3ccc(OCc4ccccc4)nc3)c2)cn1. The van der Waals surface area contributed by atoms with Gasteiger partial charge in [0.15, 0.2) is 0 Å². The Balaban J connectivity index is 1.38. The van der Waals surface area contributed by atoms with Gasteiger partial charge in [-0.3, -0.25) is 4.68 Å². The molecule has 1 aromatic carbocycles. The molecule has 3 heterocycles. The molecule has 0 fully saturated rings. The van der Waals surface area contributed by atoms with Gasteiger partial charge in [-0.2, -0.15) is 5.10 Å². The van der Waals surface area contributed by atoms with Gasteiger partial charge < -0.3 is 10.5 Å². The van der Waals surface area contributed by atoms with Gasteiger partial charge in [0, 0.05) is 35.8 Å². The molecule has 0 saturated carbocycles. The minimum absolute atomic E-state index is 0.505. The van der Waals surface area contributed by atoms with Crippen molar-refractivity contribution >= 4 is 5.82 Å². The summed E-state index contributed by atoms with van der Waals surface area (Å²) in [5.41, 5.74) is 9.78. The van der Waals surface area contributed by atoms with Crippen LogP contribution in [0, 0.1) is 0 Å². The topological polar surface area (TPSA) is 78.8 Å². The smallest absolute Gasteiger partial charge is 0.213 e.